The molecule has 0 atom stereocenters. The number of benzene rings is 1. The third-order valence-corrected chi connectivity index (χ3v) is 6.09. The van der Waals surface area contributed by atoms with Gasteiger partial charge in [0.2, 0.25) is 5.13 Å². The van der Waals surface area contributed by atoms with E-state index in [0.29, 0.717) is 29.5 Å². The van der Waals surface area contributed by atoms with Crippen LogP contribution in [0.3, 0.4) is 0 Å². The first-order valence-electron chi connectivity index (χ1n) is 6.01. The van der Waals surface area contributed by atoms with E-state index in [2.05, 4.69) is 15.5 Å². The second-order valence-corrected chi connectivity index (χ2v) is 8.22. The van der Waals surface area contributed by atoms with E-state index in [1.807, 2.05) is 6.92 Å². The molecule has 1 aromatic carbocycles. The summed E-state index contributed by atoms with van der Waals surface area (Å²) in [5.41, 5.74) is -5.52. The van der Waals surface area contributed by atoms with Gasteiger partial charge in [-0.15, -0.1) is 10.2 Å². The van der Waals surface area contributed by atoms with Crippen LogP contribution in [0.5, 0.6) is 0 Å². The maximum Gasteiger partial charge on any atom is 0.501 e. The molecule has 23 heavy (non-hydrogen) atoms. The van der Waals surface area contributed by atoms with Crippen molar-refractivity contribution in [2.45, 2.75) is 26.6 Å². The Kier molecular flexibility index (Phi) is 5.16. The molecule has 0 fully saturated rings. The summed E-state index contributed by atoms with van der Waals surface area (Å²) in [6.45, 7) is 2.39. The van der Waals surface area contributed by atoms with Gasteiger partial charge in [0.25, 0.3) is 9.84 Å². The predicted molar refractivity (Wildman–Crippen MR) is 77.8 cm³/mol. The Morgan fingerprint density at radius 2 is 2.00 bits per heavy atom. The van der Waals surface area contributed by atoms with Crippen LogP contribution in [-0.2, 0) is 9.84 Å². The lowest BCUT2D eigenvalue weighted by atomic mass is 10.3. The first-order chi connectivity index (χ1) is 10.6. The van der Waals surface area contributed by atoms with Gasteiger partial charge in [-0.3, -0.25) is 0 Å². The molecule has 0 saturated heterocycles. The number of nitrogens with one attached hydrogen (secondary N) is 1. The number of hydrogen-bond donors (Lipinski definition) is 1. The SMILES string of the molecule is CCNc1nnc(Sc2ccc(F)cc2S(=O)(=O)C(F)(F)F)s1. The molecule has 0 aliphatic carbocycles. The van der Waals surface area contributed by atoms with Crippen LogP contribution in [0.2, 0.25) is 0 Å². The van der Waals surface area contributed by atoms with Gasteiger partial charge in [0.1, 0.15) is 5.82 Å². The summed E-state index contributed by atoms with van der Waals surface area (Å²) in [4.78, 5) is -1.42. The number of alkyl halides is 3. The van der Waals surface area contributed by atoms with Gasteiger partial charge in [0.15, 0.2) is 4.34 Å². The van der Waals surface area contributed by atoms with Crippen molar-refractivity contribution in [3.8, 4) is 0 Å². The minimum absolute atomic E-state index is 0.228. The fourth-order valence-corrected chi connectivity index (χ4v) is 4.56. The van der Waals surface area contributed by atoms with Gasteiger partial charge in [0, 0.05) is 11.4 Å². The van der Waals surface area contributed by atoms with Crippen LogP contribution in [-0.4, -0.2) is 30.7 Å². The molecule has 2 aromatic rings. The zero-order chi connectivity index (χ0) is 17.3. The fraction of sp³-hybridized carbons (Fsp3) is 0.273. The summed E-state index contributed by atoms with van der Waals surface area (Å²) in [5.74, 6) is -1.08. The highest BCUT2D eigenvalue weighted by Gasteiger charge is 2.48. The van der Waals surface area contributed by atoms with Crippen molar-refractivity contribution < 1.29 is 26.0 Å². The summed E-state index contributed by atoms with van der Waals surface area (Å²) in [7, 11) is -5.67. The predicted octanol–water partition coefficient (Wildman–Crippen LogP) is 3.55. The lowest BCUT2D eigenvalue weighted by Gasteiger charge is -2.11. The van der Waals surface area contributed by atoms with Crippen LogP contribution in [0.1, 0.15) is 6.92 Å². The number of halogens is 4. The Morgan fingerprint density at radius 3 is 2.61 bits per heavy atom. The summed E-state index contributed by atoms with van der Waals surface area (Å²) in [6, 6.07) is 2.19. The van der Waals surface area contributed by atoms with Crippen molar-refractivity contribution in [1.82, 2.24) is 10.2 Å². The maximum absolute atomic E-state index is 13.2. The first kappa shape index (κ1) is 17.9. The maximum atomic E-state index is 13.2. The number of nitrogens with zero attached hydrogens (tertiary/aromatic N) is 2. The fourth-order valence-electron chi connectivity index (χ4n) is 1.47. The molecule has 0 bridgehead atoms. The Hall–Kier alpha value is -1.40. The zero-order valence-corrected chi connectivity index (χ0v) is 13.8. The molecule has 0 aliphatic rings. The monoisotopic (exact) mass is 387 g/mol. The van der Waals surface area contributed by atoms with E-state index < -0.39 is 26.1 Å². The molecule has 0 radical (unpaired) electrons. The van der Waals surface area contributed by atoms with Gasteiger partial charge in [0.05, 0.1) is 4.90 Å². The van der Waals surface area contributed by atoms with E-state index in [1.54, 1.807) is 0 Å². The lowest BCUT2D eigenvalue weighted by Crippen LogP contribution is -2.24. The van der Waals surface area contributed by atoms with E-state index in [4.69, 9.17) is 0 Å². The van der Waals surface area contributed by atoms with Gasteiger partial charge < -0.3 is 5.32 Å². The summed E-state index contributed by atoms with van der Waals surface area (Å²) < 4.78 is 74.8. The van der Waals surface area contributed by atoms with Crippen molar-refractivity contribution in [2.75, 3.05) is 11.9 Å². The minimum atomic E-state index is -5.67. The van der Waals surface area contributed by atoms with E-state index in [-0.39, 0.29) is 9.24 Å². The Bertz CT molecular complexity index is 805. The second-order valence-electron chi connectivity index (χ2n) is 4.05. The molecular formula is C11H9F4N3O2S3. The average molecular weight is 387 g/mol. The third kappa shape index (κ3) is 3.93. The van der Waals surface area contributed by atoms with Gasteiger partial charge in [-0.05, 0) is 25.1 Å². The number of rotatable bonds is 5. The number of anilines is 1. The molecule has 1 N–H and O–H groups in total. The van der Waals surface area contributed by atoms with Gasteiger partial charge in [-0.1, -0.05) is 23.1 Å². The molecule has 0 amide bonds. The van der Waals surface area contributed by atoms with Crippen LogP contribution >= 0.6 is 23.1 Å². The quantitative estimate of drug-likeness (QED) is 0.791. The molecule has 126 valence electrons. The summed E-state index contributed by atoms with van der Waals surface area (Å²) >= 11 is 1.71. The molecule has 0 spiro atoms. The lowest BCUT2D eigenvalue weighted by molar-refractivity contribution is -0.0437. The van der Waals surface area contributed by atoms with E-state index >= 15 is 0 Å². The summed E-state index contributed by atoms with van der Waals surface area (Å²) in [6.07, 6.45) is 0. The van der Waals surface area contributed by atoms with Crippen molar-refractivity contribution in [1.29, 1.82) is 0 Å². The first-order valence-corrected chi connectivity index (χ1v) is 9.13. The average Bonchev–Trinajstić information content (AvgIpc) is 2.87. The highest BCUT2D eigenvalue weighted by molar-refractivity contribution is 8.02. The highest BCUT2D eigenvalue weighted by Crippen LogP contribution is 2.40. The molecule has 1 aromatic heterocycles. The standard InChI is InChI=1S/C11H9F4N3O2S3/c1-2-16-9-17-18-10(22-9)21-7-4-3-6(12)5-8(7)23(19,20)11(13,14)15/h3-5H,2H2,1H3,(H,16,17). The van der Waals surface area contributed by atoms with Crippen molar-refractivity contribution in [2.24, 2.45) is 0 Å². The van der Waals surface area contributed by atoms with Crippen LogP contribution in [0.4, 0.5) is 22.7 Å². The molecular weight excluding hydrogens is 378 g/mol. The van der Waals surface area contributed by atoms with Crippen LogP contribution < -0.4 is 5.32 Å². The van der Waals surface area contributed by atoms with E-state index in [1.165, 1.54) is 0 Å². The smallest absolute Gasteiger partial charge is 0.360 e. The van der Waals surface area contributed by atoms with Crippen LogP contribution in [0.25, 0.3) is 0 Å². The molecule has 0 saturated carbocycles. The van der Waals surface area contributed by atoms with Gasteiger partial charge in [-0.25, -0.2) is 12.8 Å². The van der Waals surface area contributed by atoms with Gasteiger partial charge >= 0.3 is 5.51 Å². The molecule has 1 heterocycles. The van der Waals surface area contributed by atoms with E-state index in [9.17, 15) is 26.0 Å². The van der Waals surface area contributed by atoms with E-state index in [0.717, 1.165) is 23.5 Å². The van der Waals surface area contributed by atoms with Crippen LogP contribution in [0, 0.1) is 5.82 Å². The molecule has 5 nitrogen and oxygen atoms in total. The normalized spacial score (nSPS) is 12.4. The highest BCUT2D eigenvalue weighted by atomic mass is 32.2. The third-order valence-electron chi connectivity index (χ3n) is 2.43. The summed E-state index contributed by atoms with van der Waals surface area (Å²) in [5, 5.41) is 10.8. The molecule has 0 aliphatic heterocycles. The number of hydrogen-bond acceptors (Lipinski definition) is 7. The number of sulfone groups is 1. The minimum Gasteiger partial charge on any atom is -0.360 e. The zero-order valence-electron chi connectivity index (χ0n) is 11.4. The van der Waals surface area contributed by atoms with Crippen molar-refractivity contribution >= 4 is 38.1 Å². The van der Waals surface area contributed by atoms with Crippen molar-refractivity contribution in [3.05, 3.63) is 24.0 Å². The largest absolute Gasteiger partial charge is 0.501 e. The Morgan fingerprint density at radius 1 is 1.30 bits per heavy atom. The Balaban J connectivity index is 2.43. The molecule has 2 rings (SSSR count). The van der Waals surface area contributed by atoms with Gasteiger partial charge in [-0.2, -0.15) is 13.2 Å². The van der Waals surface area contributed by atoms with Crippen molar-refractivity contribution in [3.63, 3.8) is 0 Å². The number of aromatic nitrogens is 2. The molecule has 12 heteroatoms. The Labute approximate surface area is 137 Å². The topological polar surface area (TPSA) is 72.0 Å². The molecule has 0 unspecified atom stereocenters. The van der Waals surface area contributed by atoms with Crippen LogP contribution in [0.15, 0.2) is 32.3 Å². The second kappa shape index (κ2) is 6.61.